The van der Waals surface area contributed by atoms with Crippen molar-refractivity contribution < 1.29 is 9.53 Å². The Morgan fingerprint density at radius 3 is 2.50 bits per heavy atom. The van der Waals surface area contributed by atoms with E-state index in [2.05, 4.69) is 27.9 Å². The molecular weight excluding hydrogens is 534 g/mol. The van der Waals surface area contributed by atoms with Crippen molar-refractivity contribution in [3.8, 4) is 11.8 Å². The monoisotopic (exact) mass is 548 g/mol. The smallest absolute Gasteiger partial charge is 0.266 e. The Morgan fingerprint density at radius 1 is 1.10 bits per heavy atom. The molecule has 0 bridgehead atoms. The average Bonchev–Trinajstić information content (AvgIpc) is 2.74. The molecule has 150 valence electrons. The lowest BCUT2D eigenvalue weighted by Crippen LogP contribution is -2.14. The number of nitrogens with zero attached hydrogens (tertiary/aromatic N) is 1. The molecule has 0 aliphatic carbocycles. The second-order valence-corrected chi connectivity index (χ2v) is 8.20. The predicted molar refractivity (Wildman–Crippen MR) is 129 cm³/mol. The minimum Gasteiger partial charge on any atom is -0.489 e. The molecule has 4 nitrogen and oxygen atoms in total. The molecule has 0 aliphatic rings. The third-order valence-corrected chi connectivity index (χ3v) is 5.62. The Kier molecular flexibility index (Phi) is 7.75. The lowest BCUT2D eigenvalue weighted by Gasteiger charge is -2.09. The molecule has 0 saturated carbocycles. The number of nitrogens with one attached hydrogen (secondary N) is 1. The number of benzene rings is 3. The van der Waals surface area contributed by atoms with Crippen molar-refractivity contribution in [3.63, 3.8) is 0 Å². The van der Waals surface area contributed by atoms with Crippen LogP contribution in [0, 0.1) is 14.9 Å². The fourth-order valence-corrected chi connectivity index (χ4v) is 3.51. The van der Waals surface area contributed by atoms with Crippen LogP contribution in [-0.4, -0.2) is 5.91 Å². The van der Waals surface area contributed by atoms with E-state index in [9.17, 15) is 10.1 Å². The summed E-state index contributed by atoms with van der Waals surface area (Å²) >= 11 is 14.2. The summed E-state index contributed by atoms with van der Waals surface area (Å²) in [4.78, 5) is 12.4. The molecule has 1 N–H and O–H groups in total. The number of hydrogen-bond donors (Lipinski definition) is 1. The quantitative estimate of drug-likeness (QED) is 0.211. The van der Waals surface area contributed by atoms with Crippen LogP contribution < -0.4 is 10.1 Å². The van der Waals surface area contributed by atoms with E-state index < -0.39 is 5.91 Å². The first kappa shape index (κ1) is 22.2. The van der Waals surface area contributed by atoms with Crippen molar-refractivity contribution in [2.45, 2.75) is 6.61 Å². The highest BCUT2D eigenvalue weighted by molar-refractivity contribution is 14.1. The number of hydrogen-bond acceptors (Lipinski definition) is 3. The summed E-state index contributed by atoms with van der Waals surface area (Å²) in [5.41, 5.74) is 2.20. The van der Waals surface area contributed by atoms with Gasteiger partial charge in [0.05, 0.1) is 5.69 Å². The first-order valence-electron chi connectivity index (χ1n) is 8.81. The number of ether oxygens (including phenoxy) is 1. The molecule has 7 heteroatoms. The third-order valence-electron chi connectivity index (χ3n) is 4.09. The normalized spacial score (nSPS) is 10.9. The number of nitriles is 1. The van der Waals surface area contributed by atoms with E-state index in [1.165, 1.54) is 6.08 Å². The Morgan fingerprint density at radius 2 is 1.83 bits per heavy atom. The summed E-state index contributed by atoms with van der Waals surface area (Å²) in [6.45, 7) is 0.298. The van der Waals surface area contributed by atoms with Gasteiger partial charge in [-0.05, 0) is 70.6 Å². The highest BCUT2D eigenvalue weighted by atomic mass is 127. The van der Waals surface area contributed by atoms with Crippen LogP contribution in [-0.2, 0) is 11.4 Å². The molecule has 3 rings (SSSR count). The molecular formula is C23H15Cl2IN2O2. The largest absolute Gasteiger partial charge is 0.489 e. The van der Waals surface area contributed by atoms with Crippen LogP contribution in [0.15, 0.2) is 72.3 Å². The van der Waals surface area contributed by atoms with Gasteiger partial charge in [0.15, 0.2) is 0 Å². The van der Waals surface area contributed by atoms with Gasteiger partial charge in [-0.2, -0.15) is 5.26 Å². The summed E-state index contributed by atoms with van der Waals surface area (Å²) in [7, 11) is 0. The molecule has 0 heterocycles. The number of amides is 1. The Balaban J connectivity index is 1.66. The van der Waals surface area contributed by atoms with Gasteiger partial charge in [-0.3, -0.25) is 4.79 Å². The minimum atomic E-state index is -0.459. The fourth-order valence-electron chi connectivity index (χ4n) is 2.53. The highest BCUT2D eigenvalue weighted by Crippen LogP contribution is 2.23. The van der Waals surface area contributed by atoms with Gasteiger partial charge in [-0.15, -0.1) is 0 Å². The van der Waals surface area contributed by atoms with Crippen LogP contribution in [0.4, 0.5) is 5.69 Å². The van der Waals surface area contributed by atoms with Crippen LogP contribution in [0.25, 0.3) is 6.08 Å². The number of halogens is 3. The summed E-state index contributed by atoms with van der Waals surface area (Å²) < 4.78 is 6.64. The second kappa shape index (κ2) is 10.5. The summed E-state index contributed by atoms with van der Waals surface area (Å²) in [5.74, 6) is 0.180. The first-order chi connectivity index (χ1) is 14.5. The van der Waals surface area contributed by atoms with Gasteiger partial charge in [0.25, 0.3) is 5.91 Å². The van der Waals surface area contributed by atoms with E-state index in [1.54, 1.807) is 42.5 Å². The van der Waals surface area contributed by atoms with E-state index in [0.717, 1.165) is 9.13 Å². The number of rotatable bonds is 6. The SMILES string of the molecule is N#C/C(=C\c1ccc(OCc2ccc(Cl)cc2Cl)cc1)C(=O)Nc1ccccc1I. The van der Waals surface area contributed by atoms with Crippen molar-refractivity contribution >= 4 is 63.5 Å². The van der Waals surface area contributed by atoms with Crippen LogP contribution in [0.1, 0.15) is 11.1 Å². The molecule has 0 radical (unpaired) electrons. The molecule has 0 spiro atoms. The molecule has 30 heavy (non-hydrogen) atoms. The van der Waals surface area contributed by atoms with Crippen molar-refractivity contribution in [3.05, 3.63) is 97.0 Å². The molecule has 0 fully saturated rings. The average molecular weight is 549 g/mol. The van der Waals surface area contributed by atoms with E-state index >= 15 is 0 Å². The van der Waals surface area contributed by atoms with Crippen LogP contribution in [0.3, 0.4) is 0 Å². The van der Waals surface area contributed by atoms with Crippen LogP contribution >= 0.6 is 45.8 Å². The van der Waals surface area contributed by atoms with Gasteiger partial charge >= 0.3 is 0 Å². The maximum Gasteiger partial charge on any atom is 0.266 e. The predicted octanol–water partition coefficient (Wildman–Crippen LogP) is 6.72. The molecule has 0 aromatic heterocycles. The van der Waals surface area contributed by atoms with E-state index in [1.807, 2.05) is 30.3 Å². The zero-order valence-corrected chi connectivity index (χ0v) is 19.2. The Bertz CT molecular complexity index is 1140. The number of para-hydroxylation sites is 1. The molecule has 0 atom stereocenters. The van der Waals surface area contributed by atoms with Gasteiger partial charge in [0.2, 0.25) is 0 Å². The number of anilines is 1. The summed E-state index contributed by atoms with van der Waals surface area (Å²) in [5, 5.41) is 13.3. The van der Waals surface area contributed by atoms with Gasteiger partial charge < -0.3 is 10.1 Å². The van der Waals surface area contributed by atoms with Crippen molar-refractivity contribution in [2.75, 3.05) is 5.32 Å². The maximum atomic E-state index is 12.4. The molecule has 3 aromatic rings. The number of carbonyl (C=O) groups is 1. The van der Waals surface area contributed by atoms with Gasteiger partial charge in [-0.1, -0.05) is 53.5 Å². The van der Waals surface area contributed by atoms with Crippen LogP contribution in [0.5, 0.6) is 5.75 Å². The van der Waals surface area contributed by atoms with Gasteiger partial charge in [0, 0.05) is 19.2 Å². The summed E-state index contributed by atoms with van der Waals surface area (Å²) in [6.07, 6.45) is 1.53. The molecule has 0 unspecified atom stereocenters. The Labute approximate surface area is 198 Å². The van der Waals surface area contributed by atoms with Crippen LogP contribution in [0.2, 0.25) is 10.0 Å². The third kappa shape index (κ3) is 5.99. The van der Waals surface area contributed by atoms with Gasteiger partial charge in [-0.25, -0.2) is 0 Å². The van der Waals surface area contributed by atoms with Gasteiger partial charge in [0.1, 0.15) is 24.0 Å². The molecule has 3 aromatic carbocycles. The lowest BCUT2D eigenvalue weighted by atomic mass is 10.1. The Hall–Kier alpha value is -2.53. The first-order valence-corrected chi connectivity index (χ1v) is 10.6. The zero-order valence-electron chi connectivity index (χ0n) is 15.5. The highest BCUT2D eigenvalue weighted by Gasteiger charge is 2.11. The zero-order chi connectivity index (χ0) is 21.5. The van der Waals surface area contributed by atoms with E-state index in [0.29, 0.717) is 33.7 Å². The van der Waals surface area contributed by atoms with Crippen molar-refractivity contribution in [2.24, 2.45) is 0 Å². The molecule has 0 aliphatic heterocycles. The second-order valence-electron chi connectivity index (χ2n) is 6.20. The molecule has 1 amide bonds. The topological polar surface area (TPSA) is 62.1 Å². The lowest BCUT2D eigenvalue weighted by molar-refractivity contribution is -0.112. The minimum absolute atomic E-state index is 0.0104. The van der Waals surface area contributed by atoms with E-state index in [-0.39, 0.29) is 5.57 Å². The van der Waals surface area contributed by atoms with Crippen molar-refractivity contribution in [1.29, 1.82) is 5.26 Å². The maximum absolute atomic E-state index is 12.4. The summed E-state index contributed by atoms with van der Waals surface area (Å²) in [6, 6.07) is 21.6. The van der Waals surface area contributed by atoms with E-state index in [4.69, 9.17) is 27.9 Å². The number of carbonyl (C=O) groups excluding carboxylic acids is 1. The van der Waals surface area contributed by atoms with Crippen molar-refractivity contribution in [1.82, 2.24) is 0 Å². The standard InChI is InChI=1S/C23H15Cl2IN2O2/c24-18-8-7-16(20(25)12-18)14-30-19-9-5-15(6-10-19)11-17(13-27)23(29)28-22-4-2-1-3-21(22)26/h1-12H,14H2,(H,28,29)/b17-11+. The molecule has 0 saturated heterocycles. The fraction of sp³-hybridized carbons (Fsp3) is 0.0435.